The smallest absolute Gasteiger partial charge is 0.113 e. The average molecular weight is 281 g/mol. The minimum absolute atomic E-state index is 0.605. The molecule has 0 saturated heterocycles. The molecule has 0 saturated carbocycles. The number of rotatable bonds is 2. The molecule has 0 amide bonds. The van der Waals surface area contributed by atoms with E-state index in [1.165, 1.54) is 22.5 Å². The van der Waals surface area contributed by atoms with Crippen molar-refractivity contribution in [2.45, 2.75) is 26.2 Å². The number of aryl methyl sites for hydroxylation is 1. The van der Waals surface area contributed by atoms with Gasteiger partial charge in [0.05, 0.1) is 17.6 Å². The highest BCUT2D eigenvalue weighted by Gasteiger charge is 2.18. The monoisotopic (exact) mass is 280 g/mol. The van der Waals surface area contributed by atoms with Crippen LogP contribution in [0.25, 0.3) is 0 Å². The highest BCUT2D eigenvalue weighted by atomic mass is 35.5. The predicted molar refractivity (Wildman–Crippen MR) is 73.1 cm³/mol. The van der Waals surface area contributed by atoms with Crippen LogP contribution in [0.4, 0.5) is 0 Å². The summed E-state index contributed by atoms with van der Waals surface area (Å²) in [6.07, 6.45) is -0.605. The third kappa shape index (κ3) is 2.08. The lowest BCUT2D eigenvalue weighted by Crippen LogP contribution is -1.98. The van der Waals surface area contributed by atoms with Gasteiger partial charge in [0.1, 0.15) is 6.10 Å². The molecule has 1 unspecified atom stereocenters. The first-order valence-corrected chi connectivity index (χ1v) is 6.98. The lowest BCUT2D eigenvalue weighted by atomic mass is 10.0. The summed E-state index contributed by atoms with van der Waals surface area (Å²) in [5, 5.41) is 10.4. The molecule has 0 spiro atoms. The number of halogens is 1. The Bertz CT molecular complexity index is 572. The molecule has 1 atom stereocenters. The molecule has 2 nitrogen and oxygen atoms in total. The summed E-state index contributed by atoms with van der Waals surface area (Å²) in [6, 6.07) is 7.96. The van der Waals surface area contributed by atoms with Gasteiger partial charge >= 0.3 is 0 Å². The zero-order valence-corrected chi connectivity index (χ0v) is 11.5. The fourth-order valence-corrected chi connectivity index (χ4v) is 3.38. The Labute approximate surface area is 115 Å². The second-order valence-corrected chi connectivity index (χ2v) is 6.21. The fraction of sp³-hybridized carbons (Fsp3) is 0.286. The molecule has 0 bridgehead atoms. The Kier molecular flexibility index (Phi) is 3.16. The van der Waals surface area contributed by atoms with Gasteiger partial charge in [-0.25, -0.2) is 0 Å². The highest BCUT2D eigenvalue weighted by molar-refractivity contribution is 7.16. The van der Waals surface area contributed by atoms with Crippen molar-refractivity contribution < 1.29 is 9.84 Å². The molecule has 1 aromatic carbocycles. The number of aliphatic hydroxyl groups excluding tert-OH is 1. The van der Waals surface area contributed by atoms with Crippen LogP contribution in [0.15, 0.2) is 24.3 Å². The van der Waals surface area contributed by atoms with Crippen LogP contribution in [0.2, 0.25) is 4.34 Å². The maximum Gasteiger partial charge on any atom is 0.113 e. The van der Waals surface area contributed by atoms with E-state index in [0.717, 1.165) is 20.3 Å². The Morgan fingerprint density at radius 1 is 1.28 bits per heavy atom. The van der Waals surface area contributed by atoms with Crippen molar-refractivity contribution in [1.29, 1.82) is 0 Å². The van der Waals surface area contributed by atoms with E-state index in [4.69, 9.17) is 16.3 Å². The van der Waals surface area contributed by atoms with Gasteiger partial charge in [0, 0.05) is 4.88 Å². The summed E-state index contributed by atoms with van der Waals surface area (Å²) >= 11 is 7.48. The second kappa shape index (κ2) is 4.67. The van der Waals surface area contributed by atoms with E-state index < -0.39 is 6.10 Å². The van der Waals surface area contributed by atoms with Crippen molar-refractivity contribution in [3.63, 3.8) is 0 Å². The van der Waals surface area contributed by atoms with Crippen molar-refractivity contribution in [3.8, 4) is 0 Å². The van der Waals surface area contributed by atoms with Gasteiger partial charge in [-0.3, -0.25) is 0 Å². The number of ether oxygens (including phenoxy) is 1. The van der Waals surface area contributed by atoms with Gasteiger partial charge < -0.3 is 9.84 Å². The average Bonchev–Trinajstić information content (AvgIpc) is 2.95. The number of thiophene rings is 1. The Balaban J connectivity index is 1.94. The SMILES string of the molecule is Cc1cc(C(O)c2ccc3c(c2)COC3)sc1Cl. The molecule has 2 heterocycles. The molecule has 0 fully saturated rings. The van der Waals surface area contributed by atoms with Gasteiger partial charge in [0.15, 0.2) is 0 Å². The van der Waals surface area contributed by atoms with Crippen molar-refractivity contribution in [3.05, 3.63) is 55.7 Å². The third-order valence-corrected chi connectivity index (χ3v) is 4.81. The van der Waals surface area contributed by atoms with Gasteiger partial charge in [0.2, 0.25) is 0 Å². The van der Waals surface area contributed by atoms with Gasteiger partial charge in [-0.05, 0) is 35.2 Å². The maximum absolute atomic E-state index is 10.4. The lowest BCUT2D eigenvalue weighted by Gasteiger charge is -2.10. The molecule has 2 aromatic rings. The number of benzene rings is 1. The first-order valence-electron chi connectivity index (χ1n) is 5.78. The first kappa shape index (κ1) is 12.2. The summed E-state index contributed by atoms with van der Waals surface area (Å²) in [4.78, 5) is 0.886. The van der Waals surface area contributed by atoms with Crippen molar-refractivity contribution in [2.24, 2.45) is 0 Å². The van der Waals surface area contributed by atoms with Crippen molar-refractivity contribution in [2.75, 3.05) is 0 Å². The van der Waals surface area contributed by atoms with Crippen LogP contribution in [0.1, 0.15) is 33.2 Å². The minimum Gasteiger partial charge on any atom is -0.383 e. The van der Waals surface area contributed by atoms with E-state index >= 15 is 0 Å². The molecule has 0 radical (unpaired) electrons. The van der Waals surface area contributed by atoms with E-state index in [-0.39, 0.29) is 0 Å². The zero-order valence-electron chi connectivity index (χ0n) is 9.94. The Morgan fingerprint density at radius 2 is 2.06 bits per heavy atom. The lowest BCUT2D eigenvalue weighted by molar-refractivity contribution is 0.134. The van der Waals surface area contributed by atoms with Gasteiger partial charge in [-0.15, -0.1) is 11.3 Å². The fourth-order valence-electron chi connectivity index (χ4n) is 2.14. The molecule has 3 rings (SSSR count). The number of hydrogen-bond donors (Lipinski definition) is 1. The summed E-state index contributed by atoms with van der Waals surface area (Å²) in [5.41, 5.74) is 4.30. The highest BCUT2D eigenvalue weighted by Crippen LogP contribution is 2.35. The second-order valence-electron chi connectivity index (χ2n) is 4.53. The van der Waals surface area contributed by atoms with E-state index in [0.29, 0.717) is 13.2 Å². The van der Waals surface area contributed by atoms with Gasteiger partial charge in [-0.1, -0.05) is 29.8 Å². The number of aliphatic hydroxyl groups is 1. The van der Waals surface area contributed by atoms with Crippen LogP contribution in [0.3, 0.4) is 0 Å². The molecule has 18 heavy (non-hydrogen) atoms. The molecular formula is C14H13ClO2S. The number of hydrogen-bond acceptors (Lipinski definition) is 3. The molecule has 1 aliphatic heterocycles. The van der Waals surface area contributed by atoms with Crippen LogP contribution < -0.4 is 0 Å². The summed E-state index contributed by atoms with van der Waals surface area (Å²) in [6.45, 7) is 3.27. The van der Waals surface area contributed by atoms with Gasteiger partial charge in [-0.2, -0.15) is 0 Å². The molecule has 1 aliphatic rings. The standard InChI is InChI=1S/C14H13ClO2S/c1-8-4-12(18-14(8)15)13(16)9-2-3-10-6-17-7-11(10)5-9/h2-5,13,16H,6-7H2,1H3. The molecule has 4 heteroatoms. The first-order chi connectivity index (χ1) is 8.65. The molecule has 0 aliphatic carbocycles. The van der Waals surface area contributed by atoms with E-state index in [1.807, 2.05) is 31.2 Å². The third-order valence-electron chi connectivity index (χ3n) is 3.21. The molecule has 1 aromatic heterocycles. The van der Waals surface area contributed by atoms with E-state index in [1.54, 1.807) is 0 Å². The van der Waals surface area contributed by atoms with Gasteiger partial charge in [0.25, 0.3) is 0 Å². The summed E-state index contributed by atoms with van der Waals surface area (Å²) in [7, 11) is 0. The molecular weight excluding hydrogens is 268 g/mol. The van der Waals surface area contributed by atoms with Crippen LogP contribution in [-0.4, -0.2) is 5.11 Å². The van der Waals surface area contributed by atoms with Crippen molar-refractivity contribution >= 4 is 22.9 Å². The Hall–Kier alpha value is -0.870. The number of fused-ring (bicyclic) bond motifs is 1. The minimum atomic E-state index is -0.605. The summed E-state index contributed by atoms with van der Waals surface area (Å²) in [5.74, 6) is 0. The largest absolute Gasteiger partial charge is 0.383 e. The normalized spacial score (nSPS) is 15.7. The maximum atomic E-state index is 10.4. The van der Waals surface area contributed by atoms with Crippen LogP contribution >= 0.6 is 22.9 Å². The Morgan fingerprint density at radius 3 is 2.78 bits per heavy atom. The quantitative estimate of drug-likeness (QED) is 0.906. The van der Waals surface area contributed by atoms with Crippen LogP contribution in [0.5, 0.6) is 0 Å². The predicted octanol–water partition coefficient (Wildman–Crippen LogP) is 3.82. The van der Waals surface area contributed by atoms with Crippen molar-refractivity contribution in [1.82, 2.24) is 0 Å². The van der Waals surface area contributed by atoms with Crippen LogP contribution in [-0.2, 0) is 18.0 Å². The molecule has 1 N–H and O–H groups in total. The van der Waals surface area contributed by atoms with E-state index in [2.05, 4.69) is 0 Å². The summed E-state index contributed by atoms with van der Waals surface area (Å²) < 4.78 is 6.12. The van der Waals surface area contributed by atoms with E-state index in [9.17, 15) is 5.11 Å². The molecule has 94 valence electrons. The topological polar surface area (TPSA) is 29.5 Å². The zero-order chi connectivity index (χ0) is 12.7. The van der Waals surface area contributed by atoms with Crippen LogP contribution in [0, 0.1) is 6.92 Å².